The summed E-state index contributed by atoms with van der Waals surface area (Å²) in [6.45, 7) is 1.62. The van der Waals surface area contributed by atoms with Crippen molar-refractivity contribution in [2.75, 3.05) is 13.1 Å². The van der Waals surface area contributed by atoms with Crippen molar-refractivity contribution in [2.45, 2.75) is 19.3 Å². The number of aromatic nitrogens is 1. The lowest BCUT2D eigenvalue weighted by Crippen LogP contribution is -2.35. The fourth-order valence-corrected chi connectivity index (χ4v) is 2.86. The van der Waals surface area contributed by atoms with Crippen LogP contribution in [0.5, 0.6) is 0 Å². The van der Waals surface area contributed by atoms with Crippen LogP contribution in [0, 0.1) is 0 Å². The third-order valence-electron chi connectivity index (χ3n) is 4.09. The summed E-state index contributed by atoms with van der Waals surface area (Å²) in [5.74, 6) is -0.975. The van der Waals surface area contributed by atoms with Crippen molar-refractivity contribution in [3.05, 3.63) is 53.7 Å². The highest BCUT2D eigenvalue weighted by molar-refractivity contribution is 5.96. The number of nitrogens with zero attached hydrogens (tertiary/aromatic N) is 2. The van der Waals surface area contributed by atoms with Gasteiger partial charge >= 0.3 is 5.97 Å². The van der Waals surface area contributed by atoms with E-state index >= 15 is 0 Å². The van der Waals surface area contributed by atoms with Crippen LogP contribution in [0.4, 0.5) is 0 Å². The molecule has 5 nitrogen and oxygen atoms in total. The molecule has 0 spiro atoms. The van der Waals surface area contributed by atoms with E-state index in [1.54, 1.807) is 36.5 Å². The second-order valence-electron chi connectivity index (χ2n) is 5.63. The summed E-state index contributed by atoms with van der Waals surface area (Å²) in [6, 6.07) is 10.1. The van der Waals surface area contributed by atoms with Crippen LogP contribution >= 0.6 is 0 Å². The molecule has 1 fully saturated rings. The molecule has 1 amide bonds. The summed E-state index contributed by atoms with van der Waals surface area (Å²) in [6.07, 6.45) is 4.86. The molecule has 1 aromatic heterocycles. The average Bonchev–Trinajstić information content (AvgIpc) is 2.62. The molecule has 0 unspecified atom stereocenters. The first-order chi connectivity index (χ1) is 11.2. The Labute approximate surface area is 134 Å². The molecular weight excluding hydrogens is 292 g/mol. The van der Waals surface area contributed by atoms with Crippen LogP contribution in [0.25, 0.3) is 11.3 Å². The van der Waals surface area contributed by atoms with Gasteiger partial charge in [-0.3, -0.25) is 9.78 Å². The van der Waals surface area contributed by atoms with E-state index in [0.717, 1.165) is 25.9 Å². The molecule has 5 heteroatoms. The summed E-state index contributed by atoms with van der Waals surface area (Å²) >= 11 is 0. The molecule has 2 heterocycles. The van der Waals surface area contributed by atoms with Gasteiger partial charge in [-0.1, -0.05) is 12.1 Å². The number of piperidine rings is 1. The largest absolute Gasteiger partial charge is 0.478 e. The lowest BCUT2D eigenvalue weighted by atomic mass is 10.0. The summed E-state index contributed by atoms with van der Waals surface area (Å²) in [5.41, 5.74) is 1.89. The summed E-state index contributed by atoms with van der Waals surface area (Å²) in [5, 5.41) is 9.24. The number of aromatic carboxylic acids is 1. The maximum atomic E-state index is 12.4. The normalized spacial score (nSPS) is 14.5. The minimum atomic E-state index is -1.01. The van der Waals surface area contributed by atoms with E-state index < -0.39 is 5.97 Å². The predicted molar refractivity (Wildman–Crippen MR) is 86.4 cm³/mol. The van der Waals surface area contributed by atoms with Gasteiger partial charge in [0.2, 0.25) is 0 Å². The Morgan fingerprint density at radius 2 is 1.70 bits per heavy atom. The number of carboxylic acid groups (broad SMARTS) is 1. The van der Waals surface area contributed by atoms with Gasteiger partial charge in [0.15, 0.2) is 0 Å². The van der Waals surface area contributed by atoms with Gasteiger partial charge in [-0.15, -0.1) is 0 Å². The third kappa shape index (κ3) is 3.23. The molecular formula is C18H18N2O3. The van der Waals surface area contributed by atoms with Crippen LogP contribution in [0.15, 0.2) is 42.6 Å². The van der Waals surface area contributed by atoms with Gasteiger partial charge in [-0.2, -0.15) is 0 Å². The van der Waals surface area contributed by atoms with E-state index in [1.165, 1.54) is 12.5 Å². The highest BCUT2D eigenvalue weighted by atomic mass is 16.4. The number of amides is 1. The van der Waals surface area contributed by atoms with Gasteiger partial charge in [0.1, 0.15) is 0 Å². The SMILES string of the molecule is O=C(O)c1cccnc1-c1ccc(C(=O)N2CCCCC2)cc1. The minimum Gasteiger partial charge on any atom is -0.478 e. The van der Waals surface area contributed by atoms with Crippen LogP contribution in [0.3, 0.4) is 0 Å². The smallest absolute Gasteiger partial charge is 0.337 e. The summed E-state index contributed by atoms with van der Waals surface area (Å²) in [4.78, 5) is 29.8. The Morgan fingerprint density at radius 3 is 2.35 bits per heavy atom. The number of hydrogen-bond donors (Lipinski definition) is 1. The van der Waals surface area contributed by atoms with Crippen molar-refractivity contribution in [3.63, 3.8) is 0 Å². The van der Waals surface area contributed by atoms with Crippen molar-refractivity contribution in [3.8, 4) is 11.3 Å². The van der Waals surface area contributed by atoms with Crippen LogP contribution in [-0.2, 0) is 0 Å². The lowest BCUT2D eigenvalue weighted by Gasteiger charge is -2.26. The Hall–Kier alpha value is -2.69. The van der Waals surface area contributed by atoms with E-state index in [4.69, 9.17) is 0 Å². The second-order valence-corrected chi connectivity index (χ2v) is 5.63. The topological polar surface area (TPSA) is 70.5 Å². The molecule has 118 valence electrons. The molecule has 1 N–H and O–H groups in total. The van der Waals surface area contributed by atoms with E-state index in [9.17, 15) is 14.7 Å². The van der Waals surface area contributed by atoms with Gasteiger partial charge in [0.25, 0.3) is 5.91 Å². The first kappa shape index (κ1) is 15.2. The van der Waals surface area contributed by atoms with Crippen molar-refractivity contribution in [1.29, 1.82) is 0 Å². The van der Waals surface area contributed by atoms with Crippen molar-refractivity contribution in [1.82, 2.24) is 9.88 Å². The summed E-state index contributed by atoms with van der Waals surface area (Å²) in [7, 11) is 0. The Balaban J connectivity index is 1.85. The molecule has 1 saturated heterocycles. The summed E-state index contributed by atoms with van der Waals surface area (Å²) < 4.78 is 0. The standard InChI is InChI=1S/C18H18N2O3/c21-17(20-11-2-1-3-12-20)14-8-6-13(7-9-14)16-15(18(22)23)5-4-10-19-16/h4-10H,1-3,11-12H2,(H,22,23). The van der Waals surface area contributed by atoms with Gasteiger partial charge < -0.3 is 10.0 Å². The van der Waals surface area contributed by atoms with Gasteiger partial charge in [0, 0.05) is 30.4 Å². The number of hydrogen-bond acceptors (Lipinski definition) is 3. The number of pyridine rings is 1. The maximum absolute atomic E-state index is 12.4. The molecule has 3 rings (SSSR count). The monoisotopic (exact) mass is 310 g/mol. The van der Waals surface area contributed by atoms with E-state index in [2.05, 4.69) is 4.98 Å². The number of benzene rings is 1. The molecule has 2 aromatic rings. The number of carbonyl (C=O) groups excluding carboxylic acids is 1. The fraction of sp³-hybridized carbons (Fsp3) is 0.278. The first-order valence-electron chi connectivity index (χ1n) is 7.75. The first-order valence-corrected chi connectivity index (χ1v) is 7.75. The number of likely N-dealkylation sites (tertiary alicyclic amines) is 1. The van der Waals surface area contributed by atoms with Gasteiger partial charge in [-0.05, 0) is 43.5 Å². The van der Waals surface area contributed by atoms with E-state index in [0.29, 0.717) is 16.8 Å². The second kappa shape index (κ2) is 6.60. The highest BCUT2D eigenvalue weighted by Crippen LogP contribution is 2.22. The van der Waals surface area contributed by atoms with E-state index in [-0.39, 0.29) is 11.5 Å². The maximum Gasteiger partial charge on any atom is 0.337 e. The molecule has 23 heavy (non-hydrogen) atoms. The van der Waals surface area contributed by atoms with Crippen LogP contribution in [-0.4, -0.2) is 40.0 Å². The minimum absolute atomic E-state index is 0.0377. The quantitative estimate of drug-likeness (QED) is 0.946. The number of carbonyl (C=O) groups is 2. The zero-order chi connectivity index (χ0) is 16.2. The highest BCUT2D eigenvalue weighted by Gasteiger charge is 2.18. The van der Waals surface area contributed by atoms with Crippen molar-refractivity contribution < 1.29 is 14.7 Å². The Kier molecular flexibility index (Phi) is 4.37. The molecule has 0 saturated carbocycles. The average molecular weight is 310 g/mol. The molecule has 0 atom stereocenters. The van der Waals surface area contributed by atoms with Gasteiger partial charge in [0.05, 0.1) is 11.3 Å². The predicted octanol–water partition coefficient (Wildman–Crippen LogP) is 3.07. The van der Waals surface area contributed by atoms with E-state index in [1.807, 2.05) is 4.90 Å². The van der Waals surface area contributed by atoms with Crippen molar-refractivity contribution >= 4 is 11.9 Å². The number of rotatable bonds is 3. The molecule has 1 aliphatic rings. The zero-order valence-electron chi connectivity index (χ0n) is 12.7. The van der Waals surface area contributed by atoms with Gasteiger partial charge in [-0.25, -0.2) is 4.79 Å². The lowest BCUT2D eigenvalue weighted by molar-refractivity contribution is 0.0694. The molecule has 1 aliphatic heterocycles. The number of carboxylic acids is 1. The molecule has 0 radical (unpaired) electrons. The zero-order valence-corrected chi connectivity index (χ0v) is 12.7. The Bertz CT molecular complexity index is 719. The van der Waals surface area contributed by atoms with Crippen LogP contribution in [0.1, 0.15) is 40.0 Å². The molecule has 1 aromatic carbocycles. The van der Waals surface area contributed by atoms with Crippen LogP contribution in [0.2, 0.25) is 0 Å². The third-order valence-corrected chi connectivity index (χ3v) is 4.09. The fourth-order valence-electron chi connectivity index (χ4n) is 2.86. The molecule has 0 aliphatic carbocycles. The molecule has 0 bridgehead atoms. The van der Waals surface area contributed by atoms with Crippen molar-refractivity contribution in [2.24, 2.45) is 0 Å². The van der Waals surface area contributed by atoms with Crippen LogP contribution < -0.4 is 0 Å². The Morgan fingerprint density at radius 1 is 1.00 bits per heavy atom.